The van der Waals surface area contributed by atoms with Gasteiger partial charge in [0.05, 0.1) is 12.6 Å². The van der Waals surface area contributed by atoms with Crippen molar-refractivity contribution in [2.45, 2.75) is 25.4 Å². The second kappa shape index (κ2) is 5.88. The molecule has 2 heterocycles. The highest BCUT2D eigenvalue weighted by Crippen LogP contribution is 2.21. The van der Waals surface area contributed by atoms with Crippen molar-refractivity contribution >= 4 is 11.6 Å². The first-order chi connectivity index (χ1) is 9.83. The largest absolute Gasteiger partial charge is 0.324 e. The number of para-hydroxylation sites is 1. The van der Waals surface area contributed by atoms with E-state index in [-0.39, 0.29) is 11.9 Å². The van der Waals surface area contributed by atoms with E-state index >= 15 is 0 Å². The first kappa shape index (κ1) is 12.9. The van der Waals surface area contributed by atoms with Gasteiger partial charge in [0.15, 0.2) is 0 Å². The molecule has 1 aliphatic rings. The Morgan fingerprint density at radius 1 is 1.35 bits per heavy atom. The number of hydrogen-bond acceptors (Lipinski definition) is 3. The van der Waals surface area contributed by atoms with Gasteiger partial charge in [0.2, 0.25) is 5.91 Å². The fourth-order valence-electron chi connectivity index (χ4n) is 2.49. The van der Waals surface area contributed by atoms with Crippen LogP contribution in [0, 0.1) is 0 Å². The number of aryl methyl sites for hydroxylation is 1. The van der Waals surface area contributed by atoms with Gasteiger partial charge in [-0.1, -0.05) is 18.2 Å². The summed E-state index contributed by atoms with van der Waals surface area (Å²) in [5.41, 5.74) is 2.14. The number of benzene rings is 1. The molecule has 1 aliphatic heterocycles. The SMILES string of the molecule is O=C1Nc2ccccc2CCC1NCCn1cccn1. The van der Waals surface area contributed by atoms with Crippen molar-refractivity contribution in [1.29, 1.82) is 0 Å². The first-order valence-electron chi connectivity index (χ1n) is 6.92. The summed E-state index contributed by atoms with van der Waals surface area (Å²) in [6.07, 6.45) is 5.41. The Kier molecular flexibility index (Phi) is 3.78. The fourth-order valence-corrected chi connectivity index (χ4v) is 2.49. The lowest BCUT2D eigenvalue weighted by atomic mass is 10.1. The molecule has 1 atom stereocenters. The van der Waals surface area contributed by atoms with E-state index < -0.39 is 0 Å². The van der Waals surface area contributed by atoms with Gasteiger partial charge >= 0.3 is 0 Å². The summed E-state index contributed by atoms with van der Waals surface area (Å²) in [6, 6.07) is 9.75. The Morgan fingerprint density at radius 3 is 3.10 bits per heavy atom. The van der Waals surface area contributed by atoms with E-state index in [0.717, 1.165) is 31.6 Å². The first-order valence-corrected chi connectivity index (χ1v) is 6.92. The Labute approximate surface area is 118 Å². The average molecular weight is 270 g/mol. The third kappa shape index (κ3) is 2.88. The molecule has 20 heavy (non-hydrogen) atoms. The minimum atomic E-state index is -0.141. The lowest BCUT2D eigenvalue weighted by Gasteiger charge is -2.15. The van der Waals surface area contributed by atoms with Gasteiger partial charge in [-0.15, -0.1) is 0 Å². The van der Waals surface area contributed by atoms with E-state index in [9.17, 15) is 4.79 Å². The predicted octanol–water partition coefficient (Wildman–Crippen LogP) is 1.43. The number of carbonyl (C=O) groups excluding carboxylic acids is 1. The maximum absolute atomic E-state index is 12.2. The Balaban J connectivity index is 1.57. The second-order valence-electron chi connectivity index (χ2n) is 4.96. The van der Waals surface area contributed by atoms with E-state index in [1.165, 1.54) is 5.56 Å². The topological polar surface area (TPSA) is 59.0 Å². The smallest absolute Gasteiger partial charge is 0.241 e. The van der Waals surface area contributed by atoms with Gasteiger partial charge in [0, 0.05) is 24.6 Å². The average Bonchev–Trinajstić information content (AvgIpc) is 2.91. The second-order valence-corrected chi connectivity index (χ2v) is 4.96. The van der Waals surface area contributed by atoms with Gasteiger partial charge < -0.3 is 10.6 Å². The molecule has 0 saturated carbocycles. The molecule has 1 aromatic heterocycles. The van der Waals surface area contributed by atoms with Gasteiger partial charge in [-0.2, -0.15) is 5.10 Å². The molecular weight excluding hydrogens is 252 g/mol. The Morgan fingerprint density at radius 2 is 2.25 bits per heavy atom. The molecule has 0 saturated heterocycles. The van der Waals surface area contributed by atoms with Crippen LogP contribution in [0.25, 0.3) is 0 Å². The number of fused-ring (bicyclic) bond motifs is 1. The maximum atomic E-state index is 12.2. The Bertz CT molecular complexity index is 579. The van der Waals surface area contributed by atoms with E-state index in [1.807, 2.05) is 35.1 Å². The van der Waals surface area contributed by atoms with Crippen LogP contribution in [0.3, 0.4) is 0 Å². The van der Waals surface area contributed by atoms with Crippen molar-refractivity contribution in [2.75, 3.05) is 11.9 Å². The van der Waals surface area contributed by atoms with Crippen LogP contribution in [0.2, 0.25) is 0 Å². The van der Waals surface area contributed by atoms with Crippen LogP contribution < -0.4 is 10.6 Å². The van der Waals surface area contributed by atoms with Crippen molar-refractivity contribution in [3.63, 3.8) is 0 Å². The zero-order valence-corrected chi connectivity index (χ0v) is 11.2. The highest BCUT2D eigenvalue weighted by Gasteiger charge is 2.22. The van der Waals surface area contributed by atoms with Crippen molar-refractivity contribution in [1.82, 2.24) is 15.1 Å². The molecule has 0 spiro atoms. The molecule has 3 rings (SSSR count). The molecule has 104 valence electrons. The number of amides is 1. The molecule has 2 N–H and O–H groups in total. The van der Waals surface area contributed by atoms with E-state index in [1.54, 1.807) is 6.20 Å². The van der Waals surface area contributed by atoms with Crippen molar-refractivity contribution in [3.05, 3.63) is 48.3 Å². The molecule has 0 fully saturated rings. The highest BCUT2D eigenvalue weighted by atomic mass is 16.2. The number of hydrogen-bond donors (Lipinski definition) is 2. The van der Waals surface area contributed by atoms with Crippen LogP contribution >= 0.6 is 0 Å². The lowest BCUT2D eigenvalue weighted by Crippen LogP contribution is -2.41. The summed E-state index contributed by atoms with van der Waals surface area (Å²) in [5, 5.41) is 10.4. The molecule has 5 heteroatoms. The third-order valence-corrected chi connectivity index (χ3v) is 3.58. The zero-order valence-electron chi connectivity index (χ0n) is 11.2. The Hall–Kier alpha value is -2.14. The molecule has 1 amide bonds. The molecule has 1 unspecified atom stereocenters. The monoisotopic (exact) mass is 270 g/mol. The molecule has 0 radical (unpaired) electrons. The summed E-state index contributed by atoms with van der Waals surface area (Å²) in [5.74, 6) is 0.0513. The summed E-state index contributed by atoms with van der Waals surface area (Å²) < 4.78 is 1.86. The number of nitrogens with zero attached hydrogens (tertiary/aromatic N) is 2. The van der Waals surface area contributed by atoms with Crippen molar-refractivity contribution in [3.8, 4) is 0 Å². The number of nitrogens with one attached hydrogen (secondary N) is 2. The standard InChI is InChI=1S/C15H18N4O/c20-15-14(16-9-11-19-10-3-8-17-19)7-6-12-4-1-2-5-13(12)18-15/h1-5,8,10,14,16H,6-7,9,11H2,(H,18,20). The lowest BCUT2D eigenvalue weighted by molar-refractivity contribution is -0.118. The fraction of sp³-hybridized carbons (Fsp3) is 0.333. The van der Waals surface area contributed by atoms with Gasteiger partial charge in [0.25, 0.3) is 0 Å². The van der Waals surface area contributed by atoms with Crippen LogP contribution in [0.4, 0.5) is 5.69 Å². The zero-order chi connectivity index (χ0) is 13.8. The molecule has 2 aromatic rings. The van der Waals surface area contributed by atoms with Crippen LogP contribution in [-0.4, -0.2) is 28.3 Å². The molecule has 5 nitrogen and oxygen atoms in total. The van der Waals surface area contributed by atoms with Crippen molar-refractivity contribution in [2.24, 2.45) is 0 Å². The third-order valence-electron chi connectivity index (χ3n) is 3.58. The van der Waals surface area contributed by atoms with Crippen molar-refractivity contribution < 1.29 is 4.79 Å². The molecule has 0 bridgehead atoms. The molecular formula is C15H18N4O. The van der Waals surface area contributed by atoms with Crippen LogP contribution in [0.5, 0.6) is 0 Å². The summed E-state index contributed by atoms with van der Waals surface area (Å²) in [6.45, 7) is 1.50. The summed E-state index contributed by atoms with van der Waals surface area (Å²) in [7, 11) is 0. The van der Waals surface area contributed by atoms with Crippen LogP contribution in [0.1, 0.15) is 12.0 Å². The van der Waals surface area contributed by atoms with Gasteiger partial charge in [-0.3, -0.25) is 9.48 Å². The van der Waals surface area contributed by atoms with Gasteiger partial charge in [-0.05, 0) is 30.5 Å². The number of aromatic nitrogens is 2. The highest BCUT2D eigenvalue weighted by molar-refractivity contribution is 5.96. The predicted molar refractivity (Wildman–Crippen MR) is 77.4 cm³/mol. The summed E-state index contributed by atoms with van der Waals surface area (Å²) >= 11 is 0. The van der Waals surface area contributed by atoms with Gasteiger partial charge in [0.1, 0.15) is 0 Å². The molecule has 1 aromatic carbocycles. The van der Waals surface area contributed by atoms with Crippen LogP contribution in [0.15, 0.2) is 42.7 Å². The van der Waals surface area contributed by atoms with E-state index in [0.29, 0.717) is 0 Å². The minimum Gasteiger partial charge on any atom is -0.324 e. The number of anilines is 1. The van der Waals surface area contributed by atoms with E-state index in [2.05, 4.69) is 21.8 Å². The normalized spacial score (nSPS) is 18.2. The summed E-state index contributed by atoms with van der Waals surface area (Å²) in [4.78, 5) is 12.2. The molecule has 0 aliphatic carbocycles. The van der Waals surface area contributed by atoms with Gasteiger partial charge in [-0.25, -0.2) is 0 Å². The van der Waals surface area contributed by atoms with Crippen LogP contribution in [-0.2, 0) is 17.8 Å². The quantitative estimate of drug-likeness (QED) is 0.883. The number of rotatable bonds is 4. The van der Waals surface area contributed by atoms with E-state index in [4.69, 9.17) is 0 Å². The maximum Gasteiger partial charge on any atom is 0.241 e. The minimum absolute atomic E-state index is 0.0513. The number of carbonyl (C=O) groups is 1.